The molecular weight excluding hydrogens is 425 g/mol. The normalized spacial score (nSPS) is 18.7. The van der Waals surface area contributed by atoms with Crippen molar-refractivity contribution in [1.82, 2.24) is 14.1 Å². The summed E-state index contributed by atoms with van der Waals surface area (Å²) in [5, 5.41) is 0. The third kappa shape index (κ3) is 5.54. The Morgan fingerprint density at radius 1 is 0.935 bits per heavy atom. The molecule has 31 heavy (non-hydrogen) atoms. The van der Waals surface area contributed by atoms with Crippen LogP contribution in [0.3, 0.4) is 0 Å². The predicted octanol–water partition coefficient (Wildman–Crippen LogP) is 2.69. The van der Waals surface area contributed by atoms with Crippen molar-refractivity contribution in [3.63, 3.8) is 0 Å². The molecule has 0 unspecified atom stereocenters. The standard InChI is InChI=1S/C21H30FN3O5S/c1-21(2,3)30-20(27)24-13-11-23(12-14-24)19(26)16-7-8-17(22)18(15-16)31(28,29)25-9-5-4-6-10-25/h7-8,15H,4-6,9-14H2,1-3H3. The second-order valence-electron chi connectivity index (χ2n) is 8.87. The average Bonchev–Trinajstić information content (AvgIpc) is 2.73. The first-order chi connectivity index (χ1) is 14.5. The highest BCUT2D eigenvalue weighted by Gasteiger charge is 2.31. The van der Waals surface area contributed by atoms with E-state index in [1.165, 1.54) is 20.2 Å². The zero-order valence-electron chi connectivity index (χ0n) is 18.3. The van der Waals surface area contributed by atoms with Crippen molar-refractivity contribution < 1.29 is 27.1 Å². The number of amides is 2. The number of piperazine rings is 1. The molecule has 0 bridgehead atoms. The average molecular weight is 456 g/mol. The van der Waals surface area contributed by atoms with Crippen molar-refractivity contribution in [3.05, 3.63) is 29.6 Å². The number of benzene rings is 1. The van der Waals surface area contributed by atoms with Crippen LogP contribution in [0.5, 0.6) is 0 Å². The maximum absolute atomic E-state index is 14.4. The van der Waals surface area contributed by atoms with Gasteiger partial charge in [0, 0.05) is 44.8 Å². The van der Waals surface area contributed by atoms with Gasteiger partial charge in [0.05, 0.1) is 0 Å². The summed E-state index contributed by atoms with van der Waals surface area (Å²) in [6, 6.07) is 3.45. The Labute approximate surface area is 183 Å². The topological polar surface area (TPSA) is 87.2 Å². The first-order valence-electron chi connectivity index (χ1n) is 10.6. The fraction of sp³-hybridized carbons (Fsp3) is 0.619. The molecule has 0 radical (unpaired) electrons. The Hall–Kier alpha value is -2.20. The van der Waals surface area contributed by atoms with Crippen LogP contribution in [0.4, 0.5) is 9.18 Å². The fourth-order valence-electron chi connectivity index (χ4n) is 3.68. The molecule has 1 aromatic carbocycles. The van der Waals surface area contributed by atoms with Crippen molar-refractivity contribution >= 4 is 22.0 Å². The van der Waals surface area contributed by atoms with Crippen molar-refractivity contribution in [3.8, 4) is 0 Å². The van der Waals surface area contributed by atoms with Crippen LogP contribution in [0.25, 0.3) is 0 Å². The number of ether oxygens (including phenoxy) is 1. The van der Waals surface area contributed by atoms with E-state index in [9.17, 15) is 22.4 Å². The van der Waals surface area contributed by atoms with Gasteiger partial charge in [0.2, 0.25) is 10.0 Å². The lowest BCUT2D eigenvalue weighted by Crippen LogP contribution is -2.51. The Morgan fingerprint density at radius 2 is 1.52 bits per heavy atom. The molecule has 8 nitrogen and oxygen atoms in total. The molecular formula is C21H30FN3O5S. The van der Waals surface area contributed by atoms with Gasteiger partial charge in [-0.1, -0.05) is 6.42 Å². The minimum Gasteiger partial charge on any atom is -0.444 e. The zero-order valence-corrected chi connectivity index (χ0v) is 19.1. The Balaban J connectivity index is 1.70. The number of carbonyl (C=O) groups excluding carboxylic acids is 2. The second-order valence-corrected chi connectivity index (χ2v) is 10.8. The lowest BCUT2D eigenvalue weighted by Gasteiger charge is -2.35. The van der Waals surface area contributed by atoms with Crippen LogP contribution in [0, 0.1) is 5.82 Å². The smallest absolute Gasteiger partial charge is 0.410 e. The summed E-state index contributed by atoms with van der Waals surface area (Å²) in [6.07, 6.45) is 1.99. The van der Waals surface area contributed by atoms with Crippen LogP contribution in [-0.4, -0.2) is 79.4 Å². The van der Waals surface area contributed by atoms with Crippen LogP contribution in [-0.2, 0) is 14.8 Å². The van der Waals surface area contributed by atoms with Gasteiger partial charge in [-0.25, -0.2) is 17.6 Å². The van der Waals surface area contributed by atoms with E-state index in [1.54, 1.807) is 20.8 Å². The first kappa shape index (κ1) is 23.5. The summed E-state index contributed by atoms with van der Waals surface area (Å²) >= 11 is 0. The minimum atomic E-state index is -4.00. The molecule has 2 heterocycles. The molecule has 2 amide bonds. The van der Waals surface area contributed by atoms with Gasteiger partial charge >= 0.3 is 6.09 Å². The first-order valence-corrected chi connectivity index (χ1v) is 12.0. The van der Waals surface area contributed by atoms with Gasteiger partial charge in [-0.05, 0) is 51.8 Å². The number of nitrogens with zero attached hydrogens (tertiary/aromatic N) is 3. The molecule has 2 fully saturated rings. The largest absolute Gasteiger partial charge is 0.444 e. The van der Waals surface area contributed by atoms with E-state index in [2.05, 4.69) is 0 Å². The molecule has 2 aliphatic heterocycles. The lowest BCUT2D eigenvalue weighted by molar-refractivity contribution is 0.0141. The van der Waals surface area contributed by atoms with Gasteiger partial charge in [0.25, 0.3) is 5.91 Å². The third-order valence-electron chi connectivity index (χ3n) is 5.33. The van der Waals surface area contributed by atoms with Gasteiger partial charge in [0.15, 0.2) is 0 Å². The molecule has 10 heteroatoms. The number of hydrogen-bond donors (Lipinski definition) is 0. The molecule has 0 saturated carbocycles. The molecule has 0 spiro atoms. The molecule has 2 saturated heterocycles. The van der Waals surface area contributed by atoms with E-state index in [1.807, 2.05) is 0 Å². The molecule has 1 aromatic rings. The summed E-state index contributed by atoms with van der Waals surface area (Å²) in [7, 11) is -4.00. The predicted molar refractivity (Wildman–Crippen MR) is 113 cm³/mol. The van der Waals surface area contributed by atoms with E-state index in [0.717, 1.165) is 31.4 Å². The van der Waals surface area contributed by atoms with Gasteiger partial charge in [-0.2, -0.15) is 4.31 Å². The van der Waals surface area contributed by atoms with E-state index in [-0.39, 0.29) is 24.6 Å². The van der Waals surface area contributed by atoms with Crippen LogP contribution in [0.2, 0.25) is 0 Å². The number of rotatable bonds is 3. The molecule has 172 valence electrons. The number of halogens is 1. The molecule has 3 rings (SSSR count). The van der Waals surface area contributed by atoms with Crippen molar-refractivity contribution in [1.29, 1.82) is 0 Å². The lowest BCUT2D eigenvalue weighted by atomic mass is 10.1. The van der Waals surface area contributed by atoms with Crippen molar-refractivity contribution in [2.24, 2.45) is 0 Å². The second kappa shape index (κ2) is 9.12. The Bertz CT molecular complexity index is 931. The number of piperidine rings is 1. The zero-order chi connectivity index (χ0) is 22.8. The van der Waals surface area contributed by atoms with E-state index >= 15 is 0 Å². The van der Waals surface area contributed by atoms with Crippen LogP contribution in [0.1, 0.15) is 50.4 Å². The highest BCUT2D eigenvalue weighted by atomic mass is 32.2. The Morgan fingerprint density at radius 3 is 2.10 bits per heavy atom. The summed E-state index contributed by atoms with van der Waals surface area (Å²) in [6.45, 7) is 7.24. The summed E-state index contributed by atoms with van der Waals surface area (Å²) in [5.74, 6) is -1.25. The van der Waals surface area contributed by atoms with Gasteiger partial charge in [-0.3, -0.25) is 4.79 Å². The van der Waals surface area contributed by atoms with E-state index < -0.39 is 32.4 Å². The van der Waals surface area contributed by atoms with Gasteiger partial charge in [0.1, 0.15) is 16.3 Å². The molecule has 0 aliphatic carbocycles. The SMILES string of the molecule is CC(C)(C)OC(=O)N1CCN(C(=O)c2ccc(F)c(S(=O)(=O)N3CCCCC3)c2)CC1. The summed E-state index contributed by atoms with van der Waals surface area (Å²) < 4.78 is 46.8. The molecule has 0 N–H and O–H groups in total. The van der Waals surface area contributed by atoms with Crippen LogP contribution >= 0.6 is 0 Å². The van der Waals surface area contributed by atoms with E-state index in [0.29, 0.717) is 26.2 Å². The van der Waals surface area contributed by atoms with Crippen molar-refractivity contribution in [2.75, 3.05) is 39.3 Å². The number of carbonyl (C=O) groups is 2. The number of hydrogen-bond acceptors (Lipinski definition) is 5. The highest BCUT2D eigenvalue weighted by molar-refractivity contribution is 7.89. The molecule has 2 aliphatic rings. The monoisotopic (exact) mass is 455 g/mol. The number of sulfonamides is 1. The Kier molecular flexibility index (Phi) is 6.90. The van der Waals surface area contributed by atoms with E-state index in [4.69, 9.17) is 4.74 Å². The van der Waals surface area contributed by atoms with Crippen molar-refractivity contribution in [2.45, 2.75) is 50.5 Å². The maximum Gasteiger partial charge on any atom is 0.410 e. The quantitative estimate of drug-likeness (QED) is 0.699. The van der Waals surface area contributed by atoms with Crippen LogP contribution in [0.15, 0.2) is 23.1 Å². The molecule has 0 aromatic heterocycles. The maximum atomic E-state index is 14.4. The summed E-state index contributed by atoms with van der Waals surface area (Å²) in [5.41, 5.74) is -0.489. The van der Waals surface area contributed by atoms with Crippen LogP contribution < -0.4 is 0 Å². The fourth-order valence-corrected chi connectivity index (χ4v) is 5.29. The molecule has 0 atom stereocenters. The third-order valence-corrected chi connectivity index (χ3v) is 7.24. The minimum absolute atomic E-state index is 0.114. The highest BCUT2D eigenvalue weighted by Crippen LogP contribution is 2.25. The summed E-state index contributed by atoms with van der Waals surface area (Å²) in [4.78, 5) is 27.7. The van der Waals surface area contributed by atoms with Gasteiger partial charge < -0.3 is 14.5 Å². The van der Waals surface area contributed by atoms with Gasteiger partial charge in [-0.15, -0.1) is 0 Å².